The molecule has 12 heteroatoms. The Bertz CT molecular complexity index is 1630. The lowest BCUT2D eigenvalue weighted by molar-refractivity contribution is -0.149. The Morgan fingerprint density at radius 3 is 2.18 bits per heavy atom. The van der Waals surface area contributed by atoms with E-state index in [9.17, 15) is 27.6 Å². The number of amides is 2. The molecule has 0 heterocycles. The Labute approximate surface area is 262 Å². The number of rotatable bonds is 13. The summed E-state index contributed by atoms with van der Waals surface area (Å²) in [7, 11) is -4.03. The third-order valence-corrected chi connectivity index (χ3v) is 8.80. The number of ether oxygens (including phenoxy) is 2. The summed E-state index contributed by atoms with van der Waals surface area (Å²) in [6.45, 7) is 3.60. The zero-order valence-corrected chi connectivity index (χ0v) is 26.1. The van der Waals surface area contributed by atoms with Gasteiger partial charge in [0.25, 0.3) is 0 Å². The highest BCUT2D eigenvalue weighted by molar-refractivity contribution is 7.89. The molecular weight excluding hydrogens is 598 g/mol. The van der Waals surface area contributed by atoms with Crippen LogP contribution in [-0.4, -0.2) is 50.9 Å². The first-order valence-corrected chi connectivity index (χ1v) is 16.0. The van der Waals surface area contributed by atoms with Gasteiger partial charge >= 0.3 is 11.9 Å². The standard InChI is InChI=1S/C33H37N3O8S/c1-21(37)35-27-13-15-29(16-14-27)45(41,42)34-20-28(43-22(2)38)18-26(17-24-9-5-4-6-10-24)33(40)36-32-30-12-8-7-11-25(30)19-31(32)44-23(3)39/h4-16,26,28,31-32,34H,17-20H2,1-3H3,(H,35,37)(H,36,40)/t26-,28+,31-,32+/m1/s1. The Morgan fingerprint density at radius 1 is 0.867 bits per heavy atom. The molecule has 3 aromatic rings. The smallest absolute Gasteiger partial charge is 0.302 e. The lowest BCUT2D eigenvalue weighted by Gasteiger charge is -2.27. The van der Waals surface area contributed by atoms with Crippen LogP contribution >= 0.6 is 0 Å². The summed E-state index contributed by atoms with van der Waals surface area (Å²) in [4.78, 5) is 49.1. The summed E-state index contributed by atoms with van der Waals surface area (Å²) < 4.78 is 39.7. The number of fused-ring (bicyclic) bond motifs is 1. The van der Waals surface area contributed by atoms with Gasteiger partial charge in [-0.1, -0.05) is 54.6 Å². The van der Waals surface area contributed by atoms with Crippen LogP contribution in [0.3, 0.4) is 0 Å². The van der Waals surface area contributed by atoms with Crippen molar-refractivity contribution in [2.45, 2.75) is 63.2 Å². The zero-order valence-electron chi connectivity index (χ0n) is 25.3. The van der Waals surface area contributed by atoms with E-state index in [0.29, 0.717) is 12.1 Å². The summed E-state index contributed by atoms with van der Waals surface area (Å²) in [5.74, 6) is -2.46. The van der Waals surface area contributed by atoms with E-state index >= 15 is 0 Å². The van der Waals surface area contributed by atoms with Gasteiger partial charge in [-0.25, -0.2) is 13.1 Å². The lowest BCUT2D eigenvalue weighted by atomic mass is 9.92. The quantitative estimate of drug-likeness (QED) is 0.241. The molecule has 0 saturated heterocycles. The predicted octanol–water partition coefficient (Wildman–Crippen LogP) is 3.45. The normalized spacial score (nSPS) is 17.0. The molecule has 238 valence electrons. The van der Waals surface area contributed by atoms with Gasteiger partial charge in [-0.2, -0.15) is 0 Å². The summed E-state index contributed by atoms with van der Waals surface area (Å²) in [5, 5.41) is 5.64. The van der Waals surface area contributed by atoms with Crippen LogP contribution in [0.4, 0.5) is 5.69 Å². The first kappa shape index (κ1) is 33.3. The van der Waals surface area contributed by atoms with Crippen LogP contribution in [0.25, 0.3) is 0 Å². The molecule has 11 nitrogen and oxygen atoms in total. The van der Waals surface area contributed by atoms with E-state index in [4.69, 9.17) is 9.47 Å². The number of sulfonamides is 1. The number of hydrogen-bond acceptors (Lipinski definition) is 8. The van der Waals surface area contributed by atoms with E-state index in [1.807, 2.05) is 54.6 Å². The van der Waals surface area contributed by atoms with Gasteiger partial charge in [-0.05, 0) is 53.8 Å². The second kappa shape index (κ2) is 15.0. The van der Waals surface area contributed by atoms with Gasteiger partial charge in [0.1, 0.15) is 12.2 Å². The van der Waals surface area contributed by atoms with Crippen molar-refractivity contribution in [3.63, 3.8) is 0 Å². The van der Waals surface area contributed by atoms with Crippen molar-refractivity contribution in [1.82, 2.24) is 10.0 Å². The highest BCUT2D eigenvalue weighted by Gasteiger charge is 2.37. The van der Waals surface area contributed by atoms with Crippen LogP contribution in [-0.2, 0) is 51.5 Å². The maximum absolute atomic E-state index is 13.9. The van der Waals surface area contributed by atoms with Crippen LogP contribution in [0.2, 0.25) is 0 Å². The second-order valence-electron chi connectivity index (χ2n) is 10.9. The van der Waals surface area contributed by atoms with Gasteiger partial charge in [0.05, 0.1) is 10.9 Å². The van der Waals surface area contributed by atoms with Gasteiger partial charge in [-0.3, -0.25) is 19.2 Å². The van der Waals surface area contributed by atoms with Crippen molar-refractivity contribution in [2.75, 3.05) is 11.9 Å². The van der Waals surface area contributed by atoms with Crippen molar-refractivity contribution in [3.8, 4) is 0 Å². The molecule has 0 aromatic heterocycles. The van der Waals surface area contributed by atoms with Crippen molar-refractivity contribution < 1.29 is 37.1 Å². The molecule has 4 atom stereocenters. The maximum Gasteiger partial charge on any atom is 0.302 e. The average molecular weight is 636 g/mol. The van der Waals surface area contributed by atoms with Crippen molar-refractivity contribution in [3.05, 3.63) is 95.6 Å². The van der Waals surface area contributed by atoms with E-state index in [0.717, 1.165) is 16.7 Å². The molecule has 0 saturated carbocycles. The Balaban J connectivity index is 1.54. The Kier molecular flexibility index (Phi) is 11.1. The molecule has 0 spiro atoms. The van der Waals surface area contributed by atoms with Gasteiger partial charge in [0.2, 0.25) is 21.8 Å². The molecular formula is C33H37N3O8S. The molecule has 0 radical (unpaired) electrons. The molecule has 0 bridgehead atoms. The first-order chi connectivity index (χ1) is 21.4. The topological polar surface area (TPSA) is 157 Å². The number of anilines is 1. The highest BCUT2D eigenvalue weighted by atomic mass is 32.2. The van der Waals surface area contributed by atoms with Crippen LogP contribution < -0.4 is 15.4 Å². The van der Waals surface area contributed by atoms with Crippen LogP contribution in [0.1, 0.15) is 49.9 Å². The van der Waals surface area contributed by atoms with Crippen molar-refractivity contribution in [2.24, 2.45) is 5.92 Å². The summed E-state index contributed by atoms with van der Waals surface area (Å²) >= 11 is 0. The number of carbonyl (C=O) groups excluding carboxylic acids is 4. The fourth-order valence-electron chi connectivity index (χ4n) is 5.44. The summed E-state index contributed by atoms with van der Waals surface area (Å²) in [5.41, 5.74) is 3.12. The summed E-state index contributed by atoms with van der Waals surface area (Å²) in [6.07, 6.45) is -0.816. The van der Waals surface area contributed by atoms with Crippen molar-refractivity contribution >= 4 is 39.5 Å². The number of nitrogens with one attached hydrogen (secondary N) is 3. The van der Waals surface area contributed by atoms with E-state index in [1.54, 1.807) is 0 Å². The van der Waals surface area contributed by atoms with Gasteiger partial charge < -0.3 is 20.1 Å². The minimum absolute atomic E-state index is 0.0108. The van der Waals surface area contributed by atoms with Gasteiger partial charge in [0, 0.05) is 45.3 Å². The minimum atomic E-state index is -4.03. The molecule has 2 amide bonds. The zero-order chi connectivity index (χ0) is 32.6. The van der Waals surface area contributed by atoms with E-state index < -0.39 is 46.1 Å². The predicted molar refractivity (Wildman–Crippen MR) is 166 cm³/mol. The molecule has 3 aromatic carbocycles. The third kappa shape index (κ3) is 9.47. The second-order valence-corrected chi connectivity index (χ2v) is 12.7. The molecule has 0 unspecified atom stereocenters. The number of hydrogen-bond donors (Lipinski definition) is 3. The largest absolute Gasteiger partial charge is 0.461 e. The van der Waals surface area contributed by atoms with Crippen LogP contribution in [0.15, 0.2) is 83.8 Å². The van der Waals surface area contributed by atoms with E-state index in [-0.39, 0.29) is 36.1 Å². The van der Waals surface area contributed by atoms with Crippen LogP contribution in [0, 0.1) is 5.92 Å². The molecule has 1 aliphatic rings. The SMILES string of the molecule is CC(=O)Nc1ccc(S(=O)(=O)NC[C@H](C[C@@H](Cc2ccccc2)C(=O)N[C@H]2c3ccccc3C[C@H]2OC(C)=O)OC(C)=O)cc1. The average Bonchev–Trinajstić information content (AvgIpc) is 3.31. The molecule has 45 heavy (non-hydrogen) atoms. The molecule has 0 aliphatic heterocycles. The molecule has 0 fully saturated rings. The first-order valence-electron chi connectivity index (χ1n) is 14.5. The van der Waals surface area contributed by atoms with E-state index in [2.05, 4.69) is 15.4 Å². The minimum Gasteiger partial charge on any atom is -0.461 e. The monoisotopic (exact) mass is 635 g/mol. The number of carbonyl (C=O) groups is 4. The van der Waals surface area contributed by atoms with Crippen molar-refractivity contribution in [1.29, 1.82) is 0 Å². The van der Waals surface area contributed by atoms with E-state index in [1.165, 1.54) is 45.0 Å². The highest BCUT2D eigenvalue weighted by Crippen LogP contribution is 2.34. The third-order valence-electron chi connectivity index (χ3n) is 7.36. The number of esters is 2. The molecule has 4 rings (SSSR count). The van der Waals surface area contributed by atoms with Gasteiger partial charge in [-0.15, -0.1) is 0 Å². The fraction of sp³-hybridized carbons (Fsp3) is 0.333. The maximum atomic E-state index is 13.9. The Morgan fingerprint density at radius 2 is 1.53 bits per heavy atom. The van der Waals surface area contributed by atoms with Gasteiger partial charge in [0.15, 0.2) is 0 Å². The number of benzene rings is 3. The summed E-state index contributed by atoms with van der Waals surface area (Å²) in [6, 6.07) is 21.9. The van der Waals surface area contributed by atoms with Crippen LogP contribution in [0.5, 0.6) is 0 Å². The Hall–Kier alpha value is -4.55. The molecule has 3 N–H and O–H groups in total. The molecule has 1 aliphatic carbocycles. The lowest BCUT2D eigenvalue weighted by Crippen LogP contribution is -2.42. The fourth-order valence-corrected chi connectivity index (χ4v) is 6.50.